The highest BCUT2D eigenvalue weighted by atomic mass is 32.1. The predicted molar refractivity (Wildman–Crippen MR) is 101 cm³/mol. The fourth-order valence-electron chi connectivity index (χ4n) is 3.22. The molecule has 0 saturated carbocycles. The molecular formula is C18H21N5O2S. The summed E-state index contributed by atoms with van der Waals surface area (Å²) < 4.78 is 7.35. The van der Waals surface area contributed by atoms with Crippen LogP contribution in [0.4, 0.5) is 0 Å². The summed E-state index contributed by atoms with van der Waals surface area (Å²) in [7, 11) is 0. The Labute approximate surface area is 155 Å². The molecule has 0 bridgehead atoms. The van der Waals surface area contributed by atoms with E-state index in [0.29, 0.717) is 5.69 Å². The van der Waals surface area contributed by atoms with Gasteiger partial charge in [-0.25, -0.2) is 10.8 Å². The minimum atomic E-state index is -0.320. The van der Waals surface area contributed by atoms with Gasteiger partial charge in [0.15, 0.2) is 4.96 Å². The molecule has 1 fully saturated rings. The maximum absolute atomic E-state index is 12.2. The Morgan fingerprint density at radius 1 is 1.31 bits per heavy atom. The average molecular weight is 371 g/mol. The first kappa shape index (κ1) is 17.2. The Bertz CT molecular complexity index is 925. The lowest BCUT2D eigenvalue weighted by Crippen LogP contribution is -2.35. The van der Waals surface area contributed by atoms with Crippen LogP contribution in [0.25, 0.3) is 16.2 Å². The fourth-order valence-corrected chi connectivity index (χ4v) is 4.11. The van der Waals surface area contributed by atoms with E-state index >= 15 is 0 Å². The number of ether oxygens (including phenoxy) is 1. The monoisotopic (exact) mass is 371 g/mol. The number of rotatable bonds is 4. The number of nitrogens with zero attached hydrogens (tertiary/aromatic N) is 3. The summed E-state index contributed by atoms with van der Waals surface area (Å²) in [6.45, 7) is 6.03. The second-order valence-corrected chi connectivity index (χ2v) is 7.21. The van der Waals surface area contributed by atoms with Gasteiger partial charge in [0.05, 0.1) is 24.6 Å². The molecule has 4 rings (SSSR count). The van der Waals surface area contributed by atoms with E-state index in [2.05, 4.69) is 41.5 Å². The summed E-state index contributed by atoms with van der Waals surface area (Å²) in [5.74, 6) is 5.05. The molecule has 3 heterocycles. The van der Waals surface area contributed by atoms with Gasteiger partial charge in [0.1, 0.15) is 5.69 Å². The van der Waals surface area contributed by atoms with Crippen LogP contribution in [0, 0.1) is 6.92 Å². The summed E-state index contributed by atoms with van der Waals surface area (Å²) in [6, 6.07) is 8.29. The second kappa shape index (κ2) is 7.16. The molecule has 7 nitrogen and oxygen atoms in total. The number of nitrogens with two attached hydrogens (primary N) is 1. The van der Waals surface area contributed by atoms with E-state index in [1.54, 1.807) is 5.38 Å². The molecule has 0 aliphatic carbocycles. The number of imidazole rings is 1. The molecule has 26 heavy (non-hydrogen) atoms. The molecule has 136 valence electrons. The van der Waals surface area contributed by atoms with Crippen molar-refractivity contribution < 1.29 is 9.53 Å². The zero-order valence-corrected chi connectivity index (χ0v) is 15.4. The van der Waals surface area contributed by atoms with Crippen LogP contribution in [-0.4, -0.2) is 46.5 Å². The zero-order chi connectivity index (χ0) is 18.1. The number of hydrogen-bond acceptors (Lipinski definition) is 6. The highest BCUT2D eigenvalue weighted by Gasteiger charge is 2.23. The highest BCUT2D eigenvalue weighted by molar-refractivity contribution is 7.15. The number of hydrazine groups is 1. The third-order valence-electron chi connectivity index (χ3n) is 4.60. The first-order valence-electron chi connectivity index (χ1n) is 8.54. The van der Waals surface area contributed by atoms with E-state index in [0.717, 1.165) is 54.8 Å². The third kappa shape index (κ3) is 3.12. The van der Waals surface area contributed by atoms with Gasteiger partial charge in [-0.05, 0) is 6.92 Å². The molecule has 3 N–H and O–H groups in total. The summed E-state index contributed by atoms with van der Waals surface area (Å²) in [4.78, 5) is 20.2. The molecular weight excluding hydrogens is 350 g/mol. The van der Waals surface area contributed by atoms with Gasteiger partial charge in [0, 0.05) is 30.6 Å². The van der Waals surface area contributed by atoms with Gasteiger partial charge in [-0.15, -0.1) is 11.3 Å². The second-order valence-electron chi connectivity index (χ2n) is 6.37. The number of benzene rings is 1. The van der Waals surface area contributed by atoms with Gasteiger partial charge in [0.2, 0.25) is 0 Å². The maximum Gasteiger partial charge on any atom is 0.283 e. The molecule has 0 atom stereocenters. The van der Waals surface area contributed by atoms with Crippen LogP contribution < -0.4 is 11.3 Å². The number of nitrogen functional groups attached to an aromatic ring is 1. The molecule has 0 radical (unpaired) electrons. The van der Waals surface area contributed by atoms with Crippen molar-refractivity contribution in [2.75, 3.05) is 26.3 Å². The number of carbonyl (C=O) groups excluding carboxylic acids is 1. The Balaban J connectivity index is 1.84. The van der Waals surface area contributed by atoms with Crippen LogP contribution in [0.2, 0.25) is 0 Å². The lowest BCUT2D eigenvalue weighted by molar-refractivity contribution is 0.0338. The van der Waals surface area contributed by atoms with Crippen molar-refractivity contribution in [2.24, 2.45) is 5.84 Å². The zero-order valence-electron chi connectivity index (χ0n) is 14.6. The summed E-state index contributed by atoms with van der Waals surface area (Å²) in [6.07, 6.45) is 0. The molecule has 1 aliphatic heterocycles. The number of fused-ring (bicyclic) bond motifs is 1. The molecule has 0 spiro atoms. The third-order valence-corrected chi connectivity index (χ3v) is 5.43. The Hall–Kier alpha value is -2.26. The van der Waals surface area contributed by atoms with E-state index < -0.39 is 0 Å². The van der Waals surface area contributed by atoms with Crippen LogP contribution in [0.15, 0.2) is 29.6 Å². The molecule has 1 aliphatic rings. The molecule has 1 aromatic carbocycles. The molecule has 3 aromatic rings. The van der Waals surface area contributed by atoms with Crippen molar-refractivity contribution in [3.8, 4) is 11.3 Å². The van der Waals surface area contributed by atoms with E-state index in [1.807, 2.05) is 4.40 Å². The first-order valence-corrected chi connectivity index (χ1v) is 9.42. The number of carbonyl (C=O) groups is 1. The van der Waals surface area contributed by atoms with Crippen molar-refractivity contribution in [3.63, 3.8) is 0 Å². The molecule has 2 aromatic heterocycles. The van der Waals surface area contributed by atoms with Crippen molar-refractivity contribution in [1.29, 1.82) is 0 Å². The molecule has 1 saturated heterocycles. The molecule has 1 amide bonds. The number of aromatic nitrogens is 2. The Morgan fingerprint density at radius 3 is 2.73 bits per heavy atom. The minimum Gasteiger partial charge on any atom is -0.379 e. The predicted octanol–water partition coefficient (Wildman–Crippen LogP) is 1.81. The number of amides is 1. The van der Waals surface area contributed by atoms with Crippen LogP contribution >= 0.6 is 11.3 Å². The Morgan fingerprint density at radius 2 is 2.04 bits per heavy atom. The largest absolute Gasteiger partial charge is 0.379 e. The average Bonchev–Trinajstić information content (AvgIpc) is 3.22. The lowest BCUT2D eigenvalue weighted by atomic mass is 10.1. The van der Waals surface area contributed by atoms with Crippen molar-refractivity contribution in [2.45, 2.75) is 13.5 Å². The highest BCUT2D eigenvalue weighted by Crippen LogP contribution is 2.31. The minimum absolute atomic E-state index is 0.320. The standard InChI is InChI=1S/C18H21N5O2S/c1-12-2-4-13(5-3-12)16-14(10-22-6-8-25-9-7-22)20-18-23(16)15(11-26-18)17(24)21-19/h2-5,11H,6-10,19H2,1H3,(H,21,24). The van der Waals surface area contributed by atoms with Crippen LogP contribution in [0.5, 0.6) is 0 Å². The van der Waals surface area contributed by atoms with Crippen LogP contribution in [0.3, 0.4) is 0 Å². The topological polar surface area (TPSA) is 84.9 Å². The van der Waals surface area contributed by atoms with Gasteiger partial charge in [0.25, 0.3) is 5.91 Å². The number of hydrogen-bond donors (Lipinski definition) is 2. The number of aryl methyl sites for hydroxylation is 1. The van der Waals surface area contributed by atoms with E-state index in [1.165, 1.54) is 16.9 Å². The van der Waals surface area contributed by atoms with E-state index in [4.69, 9.17) is 15.6 Å². The molecule has 8 heteroatoms. The normalized spacial score (nSPS) is 15.5. The summed E-state index contributed by atoms with van der Waals surface area (Å²) in [5.41, 5.74) is 6.88. The Kier molecular flexibility index (Phi) is 4.73. The van der Waals surface area contributed by atoms with Crippen LogP contribution in [-0.2, 0) is 11.3 Å². The van der Waals surface area contributed by atoms with Gasteiger partial charge in [-0.1, -0.05) is 29.8 Å². The fraction of sp³-hybridized carbons (Fsp3) is 0.333. The van der Waals surface area contributed by atoms with Gasteiger partial charge >= 0.3 is 0 Å². The number of morpholine rings is 1. The van der Waals surface area contributed by atoms with Gasteiger partial charge in [-0.3, -0.25) is 19.5 Å². The first-order chi connectivity index (χ1) is 12.7. The lowest BCUT2D eigenvalue weighted by Gasteiger charge is -2.26. The number of thiazole rings is 1. The van der Waals surface area contributed by atoms with Crippen molar-refractivity contribution >= 4 is 22.2 Å². The van der Waals surface area contributed by atoms with E-state index in [9.17, 15) is 4.79 Å². The maximum atomic E-state index is 12.2. The smallest absolute Gasteiger partial charge is 0.283 e. The summed E-state index contributed by atoms with van der Waals surface area (Å²) in [5, 5.41) is 1.79. The van der Waals surface area contributed by atoms with Gasteiger partial charge in [-0.2, -0.15) is 0 Å². The van der Waals surface area contributed by atoms with E-state index in [-0.39, 0.29) is 5.91 Å². The van der Waals surface area contributed by atoms with Gasteiger partial charge < -0.3 is 4.74 Å². The van der Waals surface area contributed by atoms with Crippen molar-refractivity contribution in [3.05, 3.63) is 46.6 Å². The van der Waals surface area contributed by atoms with Crippen LogP contribution in [0.1, 0.15) is 21.7 Å². The quantitative estimate of drug-likeness (QED) is 0.415. The number of nitrogens with one attached hydrogen (secondary N) is 1. The molecule has 0 unspecified atom stereocenters. The SMILES string of the molecule is Cc1ccc(-c2c(CN3CCOCC3)nc3scc(C(=O)NN)n23)cc1. The summed E-state index contributed by atoms with van der Waals surface area (Å²) >= 11 is 1.44. The van der Waals surface area contributed by atoms with Crippen molar-refractivity contribution in [1.82, 2.24) is 19.7 Å².